The maximum absolute atomic E-state index is 12.7. The van der Waals surface area contributed by atoms with Crippen LogP contribution in [0.5, 0.6) is 11.5 Å². The lowest BCUT2D eigenvalue weighted by Crippen LogP contribution is -2.26. The lowest BCUT2D eigenvalue weighted by atomic mass is 10.1. The predicted molar refractivity (Wildman–Crippen MR) is 151 cm³/mol. The average Bonchev–Trinajstić information content (AvgIpc) is 3.34. The predicted octanol–water partition coefficient (Wildman–Crippen LogP) is 6.08. The second-order valence-corrected chi connectivity index (χ2v) is 9.37. The summed E-state index contributed by atoms with van der Waals surface area (Å²) in [5.74, 6) is 0.334. The highest BCUT2D eigenvalue weighted by Crippen LogP contribution is 2.38. The molecule has 0 aliphatic carbocycles. The molecule has 0 spiro atoms. The van der Waals surface area contributed by atoms with E-state index in [-0.39, 0.29) is 17.9 Å². The van der Waals surface area contributed by atoms with E-state index in [0.717, 1.165) is 16.5 Å². The van der Waals surface area contributed by atoms with Gasteiger partial charge in [-0.15, -0.1) is 0 Å². The number of ether oxygens (including phenoxy) is 2. The number of nitriles is 1. The van der Waals surface area contributed by atoms with Gasteiger partial charge in [0.1, 0.15) is 18.2 Å². The van der Waals surface area contributed by atoms with Gasteiger partial charge < -0.3 is 19.8 Å². The molecule has 0 saturated carbocycles. The molecule has 198 valence electrons. The van der Waals surface area contributed by atoms with Crippen LogP contribution in [0.1, 0.15) is 23.6 Å². The fraction of sp³-hybridized carbons (Fsp3) is 0.172. The molecule has 1 heterocycles. The van der Waals surface area contributed by atoms with Crippen molar-refractivity contribution in [1.29, 1.82) is 5.26 Å². The van der Waals surface area contributed by atoms with Crippen LogP contribution in [0.2, 0.25) is 0 Å². The summed E-state index contributed by atoms with van der Waals surface area (Å²) in [5, 5.41) is 24.6. The van der Waals surface area contributed by atoms with Crippen molar-refractivity contribution in [2.24, 2.45) is 0 Å². The number of aromatic nitrogens is 1. The Morgan fingerprint density at radius 2 is 2.00 bits per heavy atom. The van der Waals surface area contributed by atoms with Gasteiger partial charge in [0.05, 0.1) is 16.0 Å². The first-order valence-corrected chi connectivity index (χ1v) is 13.0. The minimum absolute atomic E-state index is 0.0237. The van der Waals surface area contributed by atoms with Gasteiger partial charge in [0.2, 0.25) is 0 Å². The molecular weight excluding hydrogens is 564 g/mol. The summed E-state index contributed by atoms with van der Waals surface area (Å²) in [5.41, 5.74) is 3.23. The van der Waals surface area contributed by atoms with Gasteiger partial charge in [-0.1, -0.05) is 30.3 Å². The number of non-ortho nitro benzene ring substituents is 1. The van der Waals surface area contributed by atoms with Gasteiger partial charge in [0.15, 0.2) is 11.5 Å². The molecule has 0 fully saturated rings. The maximum Gasteiger partial charge on any atom is 0.269 e. The normalized spacial score (nSPS) is 11.2. The summed E-state index contributed by atoms with van der Waals surface area (Å²) < 4.78 is 12.2. The van der Waals surface area contributed by atoms with Crippen molar-refractivity contribution in [3.63, 3.8) is 0 Å². The number of fused-ring (bicyclic) bond motifs is 1. The SMILES string of the molecule is CCOc1cc(/C=C(\C#N)C(=O)NCCc2c[nH]c3ccccc23)cc(Br)c1OCc1cccc([N+](=O)[O-])c1. The monoisotopic (exact) mass is 588 g/mol. The Morgan fingerprint density at radius 1 is 1.18 bits per heavy atom. The molecule has 0 bridgehead atoms. The van der Waals surface area contributed by atoms with Crippen LogP contribution in [0.4, 0.5) is 5.69 Å². The molecule has 3 aromatic carbocycles. The van der Waals surface area contributed by atoms with Gasteiger partial charge in [-0.05, 0) is 70.2 Å². The minimum atomic E-state index is -0.475. The largest absolute Gasteiger partial charge is 0.490 e. The average molecular weight is 589 g/mol. The molecule has 0 radical (unpaired) electrons. The number of nitro groups is 1. The molecule has 0 atom stereocenters. The van der Waals surface area contributed by atoms with Gasteiger partial charge in [0, 0.05) is 35.8 Å². The summed E-state index contributed by atoms with van der Waals surface area (Å²) in [4.78, 5) is 26.6. The zero-order valence-electron chi connectivity index (χ0n) is 21.1. The van der Waals surface area contributed by atoms with Crippen LogP contribution in [0.3, 0.4) is 0 Å². The van der Waals surface area contributed by atoms with Crippen molar-refractivity contribution in [3.8, 4) is 17.6 Å². The Bertz CT molecular complexity index is 1590. The minimum Gasteiger partial charge on any atom is -0.490 e. The van der Waals surface area contributed by atoms with Crippen molar-refractivity contribution in [2.45, 2.75) is 20.0 Å². The topological polar surface area (TPSA) is 130 Å². The standard InChI is InChI=1S/C29H25BrN4O5/c1-2-38-27-15-20(14-25(30)28(27)39-18-19-6-5-7-23(13-19)34(36)37)12-22(16-31)29(35)32-11-10-21-17-33-26-9-4-3-8-24(21)26/h3-9,12-15,17,33H,2,10-11,18H2,1H3,(H,32,35)/b22-12+. The molecular formula is C29H25BrN4O5. The van der Waals surface area contributed by atoms with E-state index in [4.69, 9.17) is 9.47 Å². The second-order valence-electron chi connectivity index (χ2n) is 8.51. The van der Waals surface area contributed by atoms with Gasteiger partial charge in [-0.2, -0.15) is 5.26 Å². The van der Waals surface area contributed by atoms with Crippen LogP contribution in [0, 0.1) is 21.4 Å². The highest BCUT2D eigenvalue weighted by molar-refractivity contribution is 9.10. The molecule has 1 aromatic heterocycles. The van der Waals surface area contributed by atoms with E-state index >= 15 is 0 Å². The number of carbonyl (C=O) groups is 1. The molecule has 0 aliphatic heterocycles. The fourth-order valence-electron chi connectivity index (χ4n) is 4.05. The van der Waals surface area contributed by atoms with Crippen molar-refractivity contribution in [1.82, 2.24) is 10.3 Å². The van der Waals surface area contributed by atoms with Gasteiger partial charge in [-0.3, -0.25) is 14.9 Å². The number of halogens is 1. The third-order valence-corrected chi connectivity index (χ3v) is 6.46. The van der Waals surface area contributed by atoms with Crippen LogP contribution < -0.4 is 14.8 Å². The molecule has 2 N–H and O–H groups in total. The number of aromatic amines is 1. The van der Waals surface area contributed by atoms with Crippen LogP contribution in [0.15, 0.2) is 76.9 Å². The number of H-pyrrole nitrogens is 1. The Balaban J connectivity index is 1.46. The van der Waals surface area contributed by atoms with Gasteiger partial charge >= 0.3 is 0 Å². The number of hydrogen-bond donors (Lipinski definition) is 2. The molecule has 39 heavy (non-hydrogen) atoms. The van der Waals surface area contributed by atoms with Gasteiger partial charge in [-0.25, -0.2) is 0 Å². The highest BCUT2D eigenvalue weighted by atomic mass is 79.9. The van der Waals surface area contributed by atoms with Crippen LogP contribution in [-0.2, 0) is 17.8 Å². The van der Waals surface area contributed by atoms with E-state index in [2.05, 4.69) is 26.2 Å². The maximum atomic E-state index is 12.7. The number of rotatable bonds is 11. The number of nitrogens with one attached hydrogen (secondary N) is 2. The summed E-state index contributed by atoms with van der Waals surface area (Å²) in [6, 6.07) is 19.5. The number of carbonyl (C=O) groups excluding carboxylic acids is 1. The number of amides is 1. The number of benzene rings is 3. The van der Waals surface area contributed by atoms with Crippen molar-refractivity contribution < 1.29 is 19.2 Å². The van der Waals surface area contributed by atoms with Crippen LogP contribution in [-0.4, -0.2) is 29.0 Å². The van der Waals surface area contributed by atoms with E-state index in [1.54, 1.807) is 24.3 Å². The first-order chi connectivity index (χ1) is 18.9. The number of nitrogens with zero attached hydrogens (tertiary/aromatic N) is 2. The lowest BCUT2D eigenvalue weighted by Gasteiger charge is -2.15. The zero-order chi connectivity index (χ0) is 27.8. The van der Waals surface area contributed by atoms with Crippen molar-refractivity contribution in [2.75, 3.05) is 13.2 Å². The summed E-state index contributed by atoms with van der Waals surface area (Å²) in [7, 11) is 0. The van der Waals surface area contributed by atoms with Crippen molar-refractivity contribution in [3.05, 3.63) is 104 Å². The molecule has 9 nitrogen and oxygen atoms in total. The number of nitro benzene ring substituents is 1. The summed E-state index contributed by atoms with van der Waals surface area (Å²) in [6.45, 7) is 2.63. The molecule has 10 heteroatoms. The van der Waals surface area contributed by atoms with E-state index in [1.165, 1.54) is 18.2 Å². The van der Waals surface area contributed by atoms with Gasteiger partial charge in [0.25, 0.3) is 11.6 Å². The second kappa shape index (κ2) is 12.8. The van der Waals surface area contributed by atoms with E-state index in [9.17, 15) is 20.2 Å². The first-order valence-electron chi connectivity index (χ1n) is 12.2. The molecule has 0 aliphatic rings. The molecule has 4 rings (SSSR count). The first kappa shape index (κ1) is 27.4. The fourth-order valence-corrected chi connectivity index (χ4v) is 4.62. The lowest BCUT2D eigenvalue weighted by molar-refractivity contribution is -0.384. The zero-order valence-corrected chi connectivity index (χ0v) is 22.7. The third kappa shape index (κ3) is 6.83. The van der Waals surface area contributed by atoms with Crippen molar-refractivity contribution >= 4 is 44.5 Å². The van der Waals surface area contributed by atoms with Crippen LogP contribution in [0.25, 0.3) is 17.0 Å². The molecule has 0 unspecified atom stereocenters. The Labute approximate surface area is 233 Å². The number of para-hydroxylation sites is 1. The summed E-state index contributed by atoms with van der Waals surface area (Å²) >= 11 is 3.48. The smallest absolute Gasteiger partial charge is 0.269 e. The molecule has 1 amide bonds. The Morgan fingerprint density at radius 3 is 2.77 bits per heavy atom. The number of hydrogen-bond acceptors (Lipinski definition) is 6. The quantitative estimate of drug-likeness (QED) is 0.0944. The molecule has 4 aromatic rings. The Hall–Kier alpha value is -4.62. The molecule has 0 saturated heterocycles. The Kier molecular flexibility index (Phi) is 8.97. The van der Waals surface area contributed by atoms with E-state index in [0.29, 0.717) is 46.7 Å². The van der Waals surface area contributed by atoms with Crippen LogP contribution >= 0.6 is 15.9 Å². The third-order valence-electron chi connectivity index (χ3n) is 5.87. The highest BCUT2D eigenvalue weighted by Gasteiger charge is 2.15. The van der Waals surface area contributed by atoms with E-state index in [1.807, 2.05) is 43.5 Å². The van der Waals surface area contributed by atoms with E-state index < -0.39 is 10.8 Å². The summed E-state index contributed by atoms with van der Waals surface area (Å²) in [6.07, 6.45) is 4.02.